The van der Waals surface area contributed by atoms with Crippen molar-refractivity contribution in [2.75, 3.05) is 11.0 Å². The van der Waals surface area contributed by atoms with Crippen LogP contribution >= 0.6 is 0 Å². The van der Waals surface area contributed by atoms with E-state index in [1.165, 1.54) is 12.8 Å². The van der Waals surface area contributed by atoms with E-state index in [1.54, 1.807) is 24.3 Å². The van der Waals surface area contributed by atoms with Crippen LogP contribution in [0.25, 0.3) is 0 Å². The van der Waals surface area contributed by atoms with Crippen LogP contribution in [0.4, 0.5) is 10.5 Å². The molecule has 0 bridgehead atoms. The number of hydrogen-bond donors (Lipinski definition) is 3. The number of carbonyl (C=O) groups excluding carboxylic acids is 1. The van der Waals surface area contributed by atoms with Gasteiger partial charge < -0.3 is 10.6 Å². The number of hydrogen-bond acceptors (Lipinski definition) is 3. The van der Waals surface area contributed by atoms with Gasteiger partial charge in [0.05, 0.1) is 11.9 Å². The number of rotatable bonds is 6. The molecule has 1 unspecified atom stereocenters. The van der Waals surface area contributed by atoms with E-state index < -0.39 is 10.0 Å². The molecule has 1 aromatic carbocycles. The summed E-state index contributed by atoms with van der Waals surface area (Å²) in [7, 11) is -3.34. The molecule has 1 fully saturated rings. The maximum atomic E-state index is 11.8. The molecule has 1 aliphatic carbocycles. The number of sulfonamides is 1. The van der Waals surface area contributed by atoms with Gasteiger partial charge in [0.15, 0.2) is 0 Å². The van der Waals surface area contributed by atoms with Crippen LogP contribution < -0.4 is 15.4 Å². The molecule has 1 atom stereocenters. The highest BCUT2D eigenvalue weighted by molar-refractivity contribution is 7.92. The van der Waals surface area contributed by atoms with Crippen molar-refractivity contribution in [3.63, 3.8) is 0 Å². The second-order valence-electron chi connectivity index (χ2n) is 5.48. The van der Waals surface area contributed by atoms with Crippen molar-refractivity contribution in [2.45, 2.75) is 32.4 Å². The summed E-state index contributed by atoms with van der Waals surface area (Å²) in [5, 5.41) is 5.64. The predicted molar refractivity (Wildman–Crippen MR) is 82.5 cm³/mol. The van der Waals surface area contributed by atoms with Gasteiger partial charge in [0.1, 0.15) is 0 Å². The Morgan fingerprint density at radius 2 is 2.00 bits per heavy atom. The minimum atomic E-state index is -3.34. The van der Waals surface area contributed by atoms with E-state index in [9.17, 15) is 13.2 Å². The zero-order chi connectivity index (χ0) is 15.5. The van der Waals surface area contributed by atoms with E-state index >= 15 is 0 Å². The average Bonchev–Trinajstić information content (AvgIpc) is 3.20. The summed E-state index contributed by atoms with van der Waals surface area (Å²) in [6.45, 7) is 2.26. The van der Waals surface area contributed by atoms with Gasteiger partial charge in [0.2, 0.25) is 10.0 Å². The van der Waals surface area contributed by atoms with Gasteiger partial charge in [-0.1, -0.05) is 18.2 Å². The molecule has 0 aromatic heterocycles. The lowest BCUT2D eigenvalue weighted by molar-refractivity contribution is 0.236. The van der Waals surface area contributed by atoms with Gasteiger partial charge in [-0.05, 0) is 37.3 Å². The summed E-state index contributed by atoms with van der Waals surface area (Å²) in [6.07, 6.45) is 3.44. The Morgan fingerprint density at radius 3 is 2.62 bits per heavy atom. The van der Waals surface area contributed by atoms with Gasteiger partial charge in [-0.2, -0.15) is 0 Å². The first kappa shape index (κ1) is 15.6. The summed E-state index contributed by atoms with van der Waals surface area (Å²) in [4.78, 5) is 11.8. The highest BCUT2D eigenvalue weighted by atomic mass is 32.2. The fraction of sp³-hybridized carbons (Fsp3) is 0.500. The van der Waals surface area contributed by atoms with E-state index in [4.69, 9.17) is 0 Å². The standard InChI is InChI=1S/C14H21N3O3S/c1-10(11-7-8-11)16-14(18)15-9-12-5-3-4-6-13(12)17-21(2,19)20/h3-6,10-11,17H,7-9H2,1-2H3,(H2,15,16,18). The van der Waals surface area contributed by atoms with Crippen molar-refractivity contribution in [3.05, 3.63) is 29.8 Å². The van der Waals surface area contributed by atoms with E-state index in [0.717, 1.165) is 11.8 Å². The van der Waals surface area contributed by atoms with Gasteiger partial charge in [-0.25, -0.2) is 13.2 Å². The molecule has 2 amide bonds. The van der Waals surface area contributed by atoms with Gasteiger partial charge in [-0.15, -0.1) is 0 Å². The Bertz CT molecular complexity index is 612. The van der Waals surface area contributed by atoms with Crippen LogP contribution in [0.2, 0.25) is 0 Å². The fourth-order valence-electron chi connectivity index (χ4n) is 2.12. The van der Waals surface area contributed by atoms with Crippen LogP contribution in [0.5, 0.6) is 0 Å². The number of carbonyl (C=O) groups is 1. The van der Waals surface area contributed by atoms with Crippen LogP contribution in [0.1, 0.15) is 25.3 Å². The maximum Gasteiger partial charge on any atom is 0.315 e. The summed E-state index contributed by atoms with van der Waals surface area (Å²) < 4.78 is 25.1. The number of para-hydroxylation sites is 1. The molecule has 0 heterocycles. The molecule has 0 aliphatic heterocycles. The molecule has 0 saturated heterocycles. The number of benzene rings is 1. The van der Waals surface area contributed by atoms with Gasteiger partial charge in [0.25, 0.3) is 0 Å². The van der Waals surface area contributed by atoms with E-state index in [1.807, 2.05) is 6.92 Å². The summed E-state index contributed by atoms with van der Waals surface area (Å²) in [6, 6.07) is 6.93. The minimum Gasteiger partial charge on any atom is -0.335 e. The summed E-state index contributed by atoms with van der Waals surface area (Å²) >= 11 is 0. The smallest absolute Gasteiger partial charge is 0.315 e. The van der Waals surface area contributed by atoms with Crippen LogP contribution in [0.15, 0.2) is 24.3 Å². The van der Waals surface area contributed by atoms with Crippen LogP contribution in [-0.2, 0) is 16.6 Å². The Labute approximate surface area is 125 Å². The first-order chi connectivity index (χ1) is 9.85. The lowest BCUT2D eigenvalue weighted by atomic mass is 10.2. The van der Waals surface area contributed by atoms with Gasteiger partial charge in [-0.3, -0.25) is 4.72 Å². The summed E-state index contributed by atoms with van der Waals surface area (Å²) in [5.74, 6) is 0.593. The molecular weight excluding hydrogens is 290 g/mol. The quantitative estimate of drug-likeness (QED) is 0.746. The monoisotopic (exact) mass is 311 g/mol. The number of urea groups is 1. The molecule has 3 N–H and O–H groups in total. The third kappa shape index (κ3) is 5.26. The molecular formula is C14H21N3O3S. The third-order valence-corrected chi connectivity index (χ3v) is 4.03. The Morgan fingerprint density at radius 1 is 1.33 bits per heavy atom. The molecule has 0 radical (unpaired) electrons. The highest BCUT2D eigenvalue weighted by Crippen LogP contribution is 2.32. The van der Waals surface area contributed by atoms with E-state index in [-0.39, 0.29) is 18.6 Å². The molecule has 1 aromatic rings. The molecule has 6 nitrogen and oxygen atoms in total. The first-order valence-corrected chi connectivity index (χ1v) is 8.84. The van der Waals surface area contributed by atoms with Crippen molar-refractivity contribution in [3.8, 4) is 0 Å². The number of anilines is 1. The van der Waals surface area contributed by atoms with E-state index in [2.05, 4.69) is 15.4 Å². The molecule has 2 rings (SSSR count). The average molecular weight is 311 g/mol. The molecule has 116 valence electrons. The summed E-state index contributed by atoms with van der Waals surface area (Å²) in [5.41, 5.74) is 1.20. The molecule has 1 aliphatic rings. The van der Waals surface area contributed by atoms with Crippen LogP contribution in [0, 0.1) is 5.92 Å². The van der Waals surface area contributed by atoms with Gasteiger partial charge in [0, 0.05) is 12.6 Å². The third-order valence-electron chi connectivity index (χ3n) is 3.44. The fourth-order valence-corrected chi connectivity index (χ4v) is 2.72. The molecule has 1 saturated carbocycles. The molecule has 7 heteroatoms. The lowest BCUT2D eigenvalue weighted by Gasteiger charge is -2.15. The van der Waals surface area contributed by atoms with Crippen LogP contribution in [0.3, 0.4) is 0 Å². The second-order valence-corrected chi connectivity index (χ2v) is 7.23. The predicted octanol–water partition coefficient (Wildman–Crippen LogP) is 1.66. The zero-order valence-electron chi connectivity index (χ0n) is 12.2. The second kappa shape index (κ2) is 6.34. The Balaban J connectivity index is 1.91. The zero-order valence-corrected chi connectivity index (χ0v) is 13.0. The van der Waals surface area contributed by atoms with E-state index in [0.29, 0.717) is 11.6 Å². The van der Waals surface area contributed by atoms with Crippen molar-refractivity contribution < 1.29 is 13.2 Å². The topological polar surface area (TPSA) is 87.3 Å². The Hall–Kier alpha value is -1.76. The molecule has 21 heavy (non-hydrogen) atoms. The highest BCUT2D eigenvalue weighted by Gasteiger charge is 2.28. The molecule has 0 spiro atoms. The lowest BCUT2D eigenvalue weighted by Crippen LogP contribution is -2.41. The normalized spacial score (nSPS) is 16.1. The maximum absolute atomic E-state index is 11.8. The minimum absolute atomic E-state index is 0.175. The SMILES string of the molecule is CC(NC(=O)NCc1ccccc1NS(C)(=O)=O)C1CC1. The van der Waals surface area contributed by atoms with Crippen molar-refractivity contribution >= 4 is 21.7 Å². The first-order valence-electron chi connectivity index (χ1n) is 6.95. The van der Waals surface area contributed by atoms with Crippen LogP contribution in [-0.4, -0.2) is 26.7 Å². The van der Waals surface area contributed by atoms with Crippen molar-refractivity contribution in [1.29, 1.82) is 0 Å². The Kier molecular flexibility index (Phi) is 4.72. The number of amides is 2. The largest absolute Gasteiger partial charge is 0.335 e. The van der Waals surface area contributed by atoms with Crippen molar-refractivity contribution in [2.24, 2.45) is 5.92 Å². The number of nitrogens with one attached hydrogen (secondary N) is 3. The van der Waals surface area contributed by atoms with Crippen molar-refractivity contribution in [1.82, 2.24) is 10.6 Å². The van der Waals surface area contributed by atoms with Gasteiger partial charge >= 0.3 is 6.03 Å².